The first-order valence-corrected chi connectivity index (χ1v) is 13.3. The number of aromatic nitrogens is 1. The van der Waals surface area contributed by atoms with Gasteiger partial charge in [0.2, 0.25) is 10.0 Å². The average molecular weight is 496 g/mol. The first kappa shape index (κ1) is 25.3. The van der Waals surface area contributed by atoms with Gasteiger partial charge >= 0.3 is 0 Å². The Morgan fingerprint density at radius 3 is 2.54 bits per heavy atom. The topological polar surface area (TPSA) is 83.0 Å². The van der Waals surface area contributed by atoms with Gasteiger partial charge in [-0.05, 0) is 49.4 Å². The quantitative estimate of drug-likeness (QED) is 0.539. The van der Waals surface area contributed by atoms with Crippen molar-refractivity contribution in [2.24, 2.45) is 5.92 Å². The molecule has 7 nitrogen and oxygen atoms in total. The standard InChI is InChI=1S/C27H33N3O4S/c1-20-16-30(21(2)19-31)35(32,33)27-13-12-23(22-9-5-4-6-10-22)15-25(27)34-26(20)18-29(3)17-24-11-7-8-14-28-24/h4-15,20-21,26,31H,16-19H2,1-3H3/t20-,21+,26-/m1/s1. The van der Waals surface area contributed by atoms with Crippen LogP contribution in [-0.2, 0) is 16.6 Å². The molecule has 0 bridgehead atoms. The van der Waals surface area contributed by atoms with Gasteiger partial charge < -0.3 is 9.84 Å². The molecule has 0 saturated carbocycles. The SMILES string of the molecule is C[C@@H]1CN([C@@H](C)CO)S(=O)(=O)c2ccc(-c3ccccc3)cc2O[C@@H]1CN(C)Cc1ccccn1. The summed E-state index contributed by atoms with van der Waals surface area (Å²) in [5.41, 5.74) is 2.82. The summed E-state index contributed by atoms with van der Waals surface area (Å²) in [7, 11) is -1.85. The molecule has 2 heterocycles. The second-order valence-corrected chi connectivity index (χ2v) is 11.1. The van der Waals surface area contributed by atoms with Gasteiger partial charge in [-0.3, -0.25) is 9.88 Å². The van der Waals surface area contributed by atoms with Gasteiger partial charge in [-0.2, -0.15) is 4.31 Å². The van der Waals surface area contributed by atoms with Gasteiger partial charge in [0.15, 0.2) is 0 Å². The maximum Gasteiger partial charge on any atom is 0.247 e. The Bertz CT molecular complexity index is 1220. The number of ether oxygens (including phenoxy) is 1. The number of hydrogen-bond acceptors (Lipinski definition) is 6. The Hall–Kier alpha value is -2.78. The monoisotopic (exact) mass is 495 g/mol. The van der Waals surface area contributed by atoms with Crippen LogP contribution in [0.3, 0.4) is 0 Å². The molecule has 35 heavy (non-hydrogen) atoms. The minimum Gasteiger partial charge on any atom is -0.487 e. The van der Waals surface area contributed by atoms with Crippen molar-refractivity contribution in [3.63, 3.8) is 0 Å². The van der Waals surface area contributed by atoms with Crippen molar-refractivity contribution in [2.75, 3.05) is 26.7 Å². The van der Waals surface area contributed by atoms with Gasteiger partial charge in [0.25, 0.3) is 0 Å². The van der Waals surface area contributed by atoms with E-state index >= 15 is 0 Å². The number of sulfonamides is 1. The molecule has 0 aliphatic carbocycles. The number of likely N-dealkylation sites (N-methyl/N-ethyl adjacent to an activating group) is 1. The predicted molar refractivity (Wildman–Crippen MR) is 136 cm³/mol. The zero-order chi connectivity index (χ0) is 25.0. The molecular weight excluding hydrogens is 462 g/mol. The molecule has 0 unspecified atom stereocenters. The largest absolute Gasteiger partial charge is 0.487 e. The molecule has 0 amide bonds. The number of nitrogens with zero attached hydrogens (tertiary/aromatic N) is 3. The van der Waals surface area contributed by atoms with Crippen LogP contribution in [-0.4, -0.2) is 66.6 Å². The van der Waals surface area contributed by atoms with Gasteiger partial charge in [0.1, 0.15) is 16.7 Å². The summed E-state index contributed by atoms with van der Waals surface area (Å²) in [6.07, 6.45) is 1.51. The lowest BCUT2D eigenvalue weighted by Crippen LogP contribution is -2.49. The van der Waals surface area contributed by atoms with E-state index in [1.54, 1.807) is 19.2 Å². The summed E-state index contributed by atoms with van der Waals surface area (Å²) in [6.45, 7) is 4.97. The number of benzene rings is 2. The van der Waals surface area contributed by atoms with Crippen LogP contribution >= 0.6 is 0 Å². The molecule has 2 aromatic carbocycles. The van der Waals surface area contributed by atoms with E-state index in [1.165, 1.54) is 4.31 Å². The van der Waals surface area contributed by atoms with Gasteiger partial charge in [0.05, 0.1) is 12.3 Å². The van der Waals surface area contributed by atoms with Gasteiger partial charge in [-0.25, -0.2) is 8.42 Å². The predicted octanol–water partition coefficient (Wildman–Crippen LogP) is 3.65. The van der Waals surface area contributed by atoms with Gasteiger partial charge in [-0.15, -0.1) is 0 Å². The van der Waals surface area contributed by atoms with Crippen LogP contribution in [0, 0.1) is 5.92 Å². The molecule has 8 heteroatoms. The summed E-state index contributed by atoms with van der Waals surface area (Å²) >= 11 is 0. The maximum atomic E-state index is 13.7. The summed E-state index contributed by atoms with van der Waals surface area (Å²) in [6, 6.07) is 20.4. The van der Waals surface area contributed by atoms with E-state index in [9.17, 15) is 13.5 Å². The molecule has 0 fully saturated rings. The molecule has 3 atom stereocenters. The van der Waals surface area contributed by atoms with Crippen molar-refractivity contribution in [1.29, 1.82) is 0 Å². The molecule has 1 aromatic heterocycles. The van der Waals surface area contributed by atoms with E-state index in [2.05, 4.69) is 9.88 Å². The fourth-order valence-corrected chi connectivity index (χ4v) is 6.22. The zero-order valence-corrected chi connectivity index (χ0v) is 21.2. The Labute approximate surface area is 208 Å². The highest BCUT2D eigenvalue weighted by molar-refractivity contribution is 7.89. The van der Waals surface area contributed by atoms with E-state index < -0.39 is 16.1 Å². The number of rotatable bonds is 7. The van der Waals surface area contributed by atoms with Crippen LogP contribution in [0.4, 0.5) is 0 Å². The van der Waals surface area contributed by atoms with Crippen molar-refractivity contribution in [1.82, 2.24) is 14.2 Å². The van der Waals surface area contributed by atoms with Crippen molar-refractivity contribution >= 4 is 10.0 Å². The van der Waals surface area contributed by atoms with Crippen LogP contribution < -0.4 is 4.74 Å². The molecule has 1 N–H and O–H groups in total. The van der Waals surface area contributed by atoms with E-state index in [0.717, 1.165) is 16.8 Å². The number of pyridine rings is 1. The molecule has 0 saturated heterocycles. The number of hydrogen-bond donors (Lipinski definition) is 1. The molecule has 0 spiro atoms. The molecule has 1 aliphatic heterocycles. The van der Waals surface area contributed by atoms with E-state index in [-0.39, 0.29) is 30.1 Å². The molecule has 4 rings (SSSR count). The fraction of sp³-hybridized carbons (Fsp3) is 0.370. The van der Waals surface area contributed by atoms with Crippen LogP contribution in [0.5, 0.6) is 5.75 Å². The lowest BCUT2D eigenvalue weighted by Gasteiger charge is -2.37. The van der Waals surface area contributed by atoms with Crippen molar-refractivity contribution in [3.05, 3.63) is 78.6 Å². The van der Waals surface area contributed by atoms with Gasteiger partial charge in [-0.1, -0.05) is 49.4 Å². The Balaban J connectivity index is 1.72. The van der Waals surface area contributed by atoms with Crippen molar-refractivity contribution < 1.29 is 18.3 Å². The van der Waals surface area contributed by atoms with E-state index in [4.69, 9.17) is 4.74 Å². The molecule has 186 valence electrons. The second kappa shape index (κ2) is 10.9. The van der Waals surface area contributed by atoms with Crippen LogP contribution in [0.2, 0.25) is 0 Å². The van der Waals surface area contributed by atoms with Crippen LogP contribution in [0.25, 0.3) is 11.1 Å². The average Bonchev–Trinajstić information content (AvgIpc) is 2.86. The third-order valence-electron chi connectivity index (χ3n) is 6.42. The molecule has 1 aliphatic rings. The lowest BCUT2D eigenvalue weighted by molar-refractivity contribution is 0.0731. The molecular formula is C27H33N3O4S. The summed E-state index contributed by atoms with van der Waals surface area (Å²) in [5, 5.41) is 9.83. The van der Waals surface area contributed by atoms with E-state index in [0.29, 0.717) is 18.8 Å². The van der Waals surface area contributed by atoms with E-state index in [1.807, 2.05) is 74.6 Å². The highest BCUT2D eigenvalue weighted by atomic mass is 32.2. The highest BCUT2D eigenvalue weighted by Gasteiger charge is 2.38. The first-order valence-electron chi connectivity index (χ1n) is 11.9. The van der Waals surface area contributed by atoms with Gasteiger partial charge in [0, 0.05) is 37.8 Å². The van der Waals surface area contributed by atoms with Crippen LogP contribution in [0.1, 0.15) is 19.5 Å². The van der Waals surface area contributed by atoms with Crippen molar-refractivity contribution in [3.8, 4) is 16.9 Å². The highest BCUT2D eigenvalue weighted by Crippen LogP contribution is 2.36. The third-order valence-corrected chi connectivity index (χ3v) is 8.44. The fourth-order valence-electron chi connectivity index (χ4n) is 4.39. The minimum atomic E-state index is -3.86. The zero-order valence-electron chi connectivity index (χ0n) is 20.4. The summed E-state index contributed by atoms with van der Waals surface area (Å²) in [5.74, 6) is 0.225. The summed E-state index contributed by atoms with van der Waals surface area (Å²) < 4.78 is 35.2. The third kappa shape index (κ3) is 5.73. The number of fused-ring (bicyclic) bond motifs is 1. The maximum absolute atomic E-state index is 13.7. The minimum absolute atomic E-state index is 0.113. The molecule has 0 radical (unpaired) electrons. The number of aliphatic hydroxyl groups is 1. The smallest absolute Gasteiger partial charge is 0.247 e. The normalized spacial score (nSPS) is 20.9. The Morgan fingerprint density at radius 1 is 1.11 bits per heavy atom. The first-order chi connectivity index (χ1) is 16.8. The number of aliphatic hydroxyl groups excluding tert-OH is 1. The lowest BCUT2D eigenvalue weighted by atomic mass is 10.0. The van der Waals surface area contributed by atoms with Crippen LogP contribution in [0.15, 0.2) is 77.8 Å². The Kier molecular flexibility index (Phi) is 7.86. The Morgan fingerprint density at radius 2 is 1.86 bits per heavy atom. The molecule has 3 aromatic rings. The second-order valence-electron chi connectivity index (χ2n) is 9.29. The summed E-state index contributed by atoms with van der Waals surface area (Å²) in [4.78, 5) is 6.68. The van der Waals surface area contributed by atoms with Crippen molar-refractivity contribution in [2.45, 2.75) is 37.4 Å².